The van der Waals surface area contributed by atoms with Gasteiger partial charge in [-0.25, -0.2) is 14.8 Å². The summed E-state index contributed by atoms with van der Waals surface area (Å²) in [5.41, 5.74) is 1.47. The summed E-state index contributed by atoms with van der Waals surface area (Å²) in [6.45, 7) is 11.6. The summed E-state index contributed by atoms with van der Waals surface area (Å²) >= 11 is 0. The van der Waals surface area contributed by atoms with Gasteiger partial charge in [0.15, 0.2) is 0 Å². The van der Waals surface area contributed by atoms with Crippen molar-refractivity contribution in [2.24, 2.45) is 11.8 Å². The molecule has 218 valence electrons. The molecule has 2 atom stereocenters. The molecule has 1 heterocycles. The van der Waals surface area contributed by atoms with E-state index in [4.69, 9.17) is 4.74 Å². The van der Waals surface area contributed by atoms with E-state index in [1.54, 1.807) is 88.5 Å². The van der Waals surface area contributed by atoms with Crippen molar-refractivity contribution in [1.82, 2.24) is 14.9 Å². The smallest absolute Gasteiger partial charge is 0.377 e. The van der Waals surface area contributed by atoms with Crippen molar-refractivity contribution in [3.8, 4) is 0 Å². The molecule has 2 aromatic rings. The number of ketones is 1. The van der Waals surface area contributed by atoms with Gasteiger partial charge in [-0.05, 0) is 25.3 Å². The van der Waals surface area contributed by atoms with Crippen LogP contribution in [0.25, 0.3) is 5.70 Å². The summed E-state index contributed by atoms with van der Waals surface area (Å²) in [5.74, 6) is -4.22. The molecular weight excluding hydrogens is 522 g/mol. The quantitative estimate of drug-likeness (QED) is 0.318. The van der Waals surface area contributed by atoms with Crippen LogP contribution in [0.3, 0.4) is 0 Å². The zero-order chi connectivity index (χ0) is 30.4. The second-order valence-electron chi connectivity index (χ2n) is 11.0. The molecule has 9 nitrogen and oxygen atoms in total. The van der Waals surface area contributed by atoms with Crippen molar-refractivity contribution >= 4 is 35.2 Å². The fourth-order valence-corrected chi connectivity index (χ4v) is 4.80. The van der Waals surface area contributed by atoms with Gasteiger partial charge in [-0.1, -0.05) is 88.4 Å². The Kier molecular flexibility index (Phi) is 10.2. The molecule has 0 saturated carbocycles. The van der Waals surface area contributed by atoms with Gasteiger partial charge < -0.3 is 9.64 Å². The number of hydrogen-bond donors (Lipinski definition) is 0. The average Bonchev–Trinajstić information content (AvgIpc) is 2.92. The Labute approximate surface area is 241 Å². The van der Waals surface area contributed by atoms with Gasteiger partial charge >= 0.3 is 5.97 Å². The molecule has 0 bridgehead atoms. The monoisotopic (exact) mass is 561 g/mol. The van der Waals surface area contributed by atoms with Gasteiger partial charge in [0.1, 0.15) is 12.1 Å². The lowest BCUT2D eigenvalue weighted by atomic mass is 9.96. The van der Waals surface area contributed by atoms with Gasteiger partial charge in [-0.2, -0.15) is 0 Å². The summed E-state index contributed by atoms with van der Waals surface area (Å²) in [6, 6.07) is 15.4. The fraction of sp³-hybridized carbons (Fsp3) is 0.406. The molecule has 0 fully saturated rings. The van der Waals surface area contributed by atoms with E-state index in [1.807, 2.05) is 19.9 Å². The highest BCUT2D eigenvalue weighted by Gasteiger charge is 2.47. The first-order valence-corrected chi connectivity index (χ1v) is 13.9. The molecule has 0 aromatic heterocycles. The van der Waals surface area contributed by atoms with E-state index in [1.165, 1.54) is 16.8 Å². The minimum Gasteiger partial charge on any atom is -0.457 e. The SMILES string of the molecule is CC(=O)N([C@@H](Cc1ccccc1)C(=O)C(=O)OC(C)C)N1C(=O)[C@@H](C(C)C)N(C(=O)C(C)C)C=C1c1ccccc1. The van der Waals surface area contributed by atoms with Gasteiger partial charge in [-0.3, -0.25) is 19.2 Å². The number of Topliss-reactive ketones (excluding diaryl/α,β-unsaturated/α-hetero) is 1. The summed E-state index contributed by atoms with van der Waals surface area (Å²) in [5, 5.41) is 2.21. The van der Waals surface area contributed by atoms with Gasteiger partial charge in [0.25, 0.3) is 11.7 Å². The van der Waals surface area contributed by atoms with E-state index in [2.05, 4.69) is 0 Å². The van der Waals surface area contributed by atoms with Crippen molar-refractivity contribution < 1.29 is 28.7 Å². The van der Waals surface area contributed by atoms with Crippen molar-refractivity contribution in [3.63, 3.8) is 0 Å². The first-order valence-electron chi connectivity index (χ1n) is 13.9. The van der Waals surface area contributed by atoms with Crippen LogP contribution in [-0.4, -0.2) is 62.6 Å². The zero-order valence-corrected chi connectivity index (χ0v) is 24.7. The standard InChI is InChI=1S/C32H39N3O6/c1-20(2)28-31(39)35(27(25-16-12-9-13-17-25)19-33(28)30(38)21(3)4)34(23(7)36)26(18-24-14-10-8-11-15-24)29(37)32(40)41-22(5)6/h8-17,19-22,26,28H,18H2,1-7H3/t26-,28+/m0/s1. The van der Waals surface area contributed by atoms with E-state index >= 15 is 0 Å². The van der Waals surface area contributed by atoms with Gasteiger partial charge in [0.05, 0.1) is 11.8 Å². The molecule has 41 heavy (non-hydrogen) atoms. The van der Waals surface area contributed by atoms with Gasteiger partial charge in [0, 0.05) is 31.0 Å². The molecule has 1 aliphatic rings. The van der Waals surface area contributed by atoms with Crippen LogP contribution in [0.15, 0.2) is 66.9 Å². The topological polar surface area (TPSA) is 104 Å². The van der Waals surface area contributed by atoms with Gasteiger partial charge in [-0.15, -0.1) is 0 Å². The minimum absolute atomic E-state index is 0.0424. The first kappa shape index (κ1) is 31.3. The maximum atomic E-state index is 14.4. The molecule has 0 N–H and O–H groups in total. The summed E-state index contributed by atoms with van der Waals surface area (Å²) in [6.07, 6.45) is 0.960. The van der Waals surface area contributed by atoms with E-state index in [9.17, 15) is 24.0 Å². The highest BCUT2D eigenvalue weighted by molar-refractivity contribution is 6.36. The Morgan fingerprint density at radius 1 is 0.878 bits per heavy atom. The van der Waals surface area contributed by atoms with Crippen LogP contribution in [0.1, 0.15) is 59.6 Å². The Morgan fingerprint density at radius 2 is 1.44 bits per heavy atom. The molecule has 0 radical (unpaired) electrons. The number of carbonyl (C=O) groups excluding carboxylic acids is 5. The van der Waals surface area contributed by atoms with E-state index in [0.29, 0.717) is 11.1 Å². The van der Waals surface area contributed by atoms with Gasteiger partial charge in [0.2, 0.25) is 11.8 Å². The van der Waals surface area contributed by atoms with Crippen LogP contribution in [0.2, 0.25) is 0 Å². The second-order valence-corrected chi connectivity index (χ2v) is 11.0. The highest BCUT2D eigenvalue weighted by Crippen LogP contribution is 2.34. The third kappa shape index (κ3) is 7.09. The summed E-state index contributed by atoms with van der Waals surface area (Å²) in [4.78, 5) is 69.3. The van der Waals surface area contributed by atoms with Crippen LogP contribution in [0, 0.1) is 11.8 Å². The number of hydrogen-bond acceptors (Lipinski definition) is 6. The number of carbonyl (C=O) groups is 5. The molecule has 0 unspecified atom stereocenters. The largest absolute Gasteiger partial charge is 0.457 e. The molecule has 9 heteroatoms. The maximum absolute atomic E-state index is 14.4. The van der Waals surface area contributed by atoms with Crippen LogP contribution >= 0.6 is 0 Å². The van der Waals surface area contributed by atoms with Crippen LogP contribution < -0.4 is 0 Å². The number of hydrazine groups is 1. The van der Waals surface area contributed by atoms with E-state index in [0.717, 1.165) is 5.01 Å². The predicted molar refractivity (Wildman–Crippen MR) is 154 cm³/mol. The van der Waals surface area contributed by atoms with Crippen LogP contribution in [0.4, 0.5) is 0 Å². The third-order valence-corrected chi connectivity index (χ3v) is 6.65. The first-order chi connectivity index (χ1) is 19.3. The number of rotatable bonds is 10. The predicted octanol–water partition coefficient (Wildman–Crippen LogP) is 4.23. The van der Waals surface area contributed by atoms with E-state index in [-0.39, 0.29) is 23.9 Å². The summed E-state index contributed by atoms with van der Waals surface area (Å²) < 4.78 is 5.22. The number of nitrogens with zero attached hydrogens (tertiary/aromatic N) is 3. The lowest BCUT2D eigenvalue weighted by Gasteiger charge is -2.47. The highest BCUT2D eigenvalue weighted by atomic mass is 16.5. The zero-order valence-electron chi connectivity index (χ0n) is 24.7. The maximum Gasteiger partial charge on any atom is 0.377 e. The molecule has 3 rings (SSSR count). The number of esters is 1. The van der Waals surface area contributed by atoms with Crippen molar-refractivity contribution in [3.05, 3.63) is 78.0 Å². The number of benzene rings is 2. The molecule has 3 amide bonds. The van der Waals surface area contributed by atoms with E-state index < -0.39 is 47.7 Å². The summed E-state index contributed by atoms with van der Waals surface area (Å²) in [7, 11) is 0. The Hall–Kier alpha value is -4.27. The Balaban J connectivity index is 2.28. The van der Waals surface area contributed by atoms with Crippen molar-refractivity contribution in [2.75, 3.05) is 0 Å². The fourth-order valence-electron chi connectivity index (χ4n) is 4.80. The van der Waals surface area contributed by atoms with Crippen molar-refractivity contribution in [1.29, 1.82) is 0 Å². The molecule has 2 aromatic carbocycles. The molecule has 0 saturated heterocycles. The molecular formula is C32H39N3O6. The lowest BCUT2D eigenvalue weighted by molar-refractivity contribution is -0.173. The van der Waals surface area contributed by atoms with Crippen LogP contribution in [-0.2, 0) is 35.1 Å². The van der Waals surface area contributed by atoms with Crippen LogP contribution in [0.5, 0.6) is 0 Å². The Bertz CT molecular complexity index is 1300. The normalized spacial score (nSPS) is 16.1. The number of ether oxygens (including phenoxy) is 1. The molecule has 1 aliphatic heterocycles. The third-order valence-electron chi connectivity index (χ3n) is 6.65. The molecule has 0 aliphatic carbocycles. The second kappa shape index (κ2) is 13.4. The average molecular weight is 562 g/mol. The lowest BCUT2D eigenvalue weighted by Crippen LogP contribution is -2.64. The molecule has 0 spiro atoms. The minimum atomic E-state index is -1.39. The van der Waals surface area contributed by atoms with Crippen molar-refractivity contribution in [2.45, 2.75) is 73.1 Å². The number of amides is 3. The Morgan fingerprint density at radius 3 is 1.93 bits per heavy atom.